The highest BCUT2D eigenvalue weighted by atomic mass is 16.3. The Morgan fingerprint density at radius 3 is 2.27 bits per heavy atom. The normalized spacial score (nSPS) is 15.9. The third-order valence-electron chi connectivity index (χ3n) is 5.25. The van der Waals surface area contributed by atoms with Gasteiger partial charge in [-0.15, -0.1) is 0 Å². The second kappa shape index (κ2) is 9.77. The first-order valence-electron chi connectivity index (χ1n) is 9.79. The van der Waals surface area contributed by atoms with Crippen LogP contribution in [0.1, 0.15) is 29.8 Å². The number of aliphatic hydroxyl groups is 1. The van der Waals surface area contributed by atoms with E-state index in [1.165, 1.54) is 18.2 Å². The van der Waals surface area contributed by atoms with Crippen molar-refractivity contribution < 1.29 is 14.7 Å². The highest BCUT2D eigenvalue weighted by molar-refractivity contribution is 5.94. The molecule has 2 aromatic rings. The monoisotopic (exact) mass is 401 g/mol. The first-order chi connectivity index (χ1) is 14.6. The van der Waals surface area contributed by atoms with Gasteiger partial charge in [0.15, 0.2) is 5.78 Å². The van der Waals surface area contributed by atoms with Gasteiger partial charge >= 0.3 is 0 Å². The standard InChI is InChI=1S/C24H23N3O3/c25-18-24(19-5-2-1-3-6-19)13-15-27(16-14-24)23(30)12-10-21-8-4-7-20(26-21)9-11-22(29)17-28/h1-12,28H,13-17H2/b11-9+,12-10+. The molecule has 152 valence electrons. The molecule has 0 saturated carbocycles. The average Bonchev–Trinajstić information content (AvgIpc) is 2.81. The van der Waals surface area contributed by atoms with Gasteiger partial charge in [-0.05, 0) is 48.8 Å². The Bertz CT molecular complexity index is 998. The summed E-state index contributed by atoms with van der Waals surface area (Å²) in [5.74, 6) is -0.519. The predicted molar refractivity (Wildman–Crippen MR) is 114 cm³/mol. The second-order valence-corrected chi connectivity index (χ2v) is 7.16. The minimum absolute atomic E-state index is 0.118. The molecular formula is C24H23N3O3. The van der Waals surface area contributed by atoms with E-state index in [9.17, 15) is 14.9 Å². The lowest BCUT2D eigenvalue weighted by atomic mass is 9.74. The molecule has 30 heavy (non-hydrogen) atoms. The molecule has 6 heteroatoms. The topological polar surface area (TPSA) is 94.3 Å². The Kier molecular flexibility index (Phi) is 6.89. The zero-order valence-corrected chi connectivity index (χ0v) is 16.6. The van der Waals surface area contributed by atoms with Crippen molar-refractivity contribution in [3.05, 3.63) is 77.6 Å². The molecule has 0 atom stereocenters. The lowest BCUT2D eigenvalue weighted by Crippen LogP contribution is -2.44. The maximum atomic E-state index is 12.6. The van der Waals surface area contributed by atoms with Crippen LogP contribution in [0.4, 0.5) is 0 Å². The van der Waals surface area contributed by atoms with Crippen molar-refractivity contribution >= 4 is 23.8 Å². The first kappa shape index (κ1) is 21.2. The van der Waals surface area contributed by atoms with E-state index < -0.39 is 17.8 Å². The van der Waals surface area contributed by atoms with Gasteiger partial charge in [0, 0.05) is 19.2 Å². The molecule has 0 unspecified atom stereocenters. The molecule has 0 aliphatic carbocycles. The number of ketones is 1. The van der Waals surface area contributed by atoms with E-state index in [1.54, 1.807) is 29.2 Å². The van der Waals surface area contributed by atoms with E-state index in [-0.39, 0.29) is 5.91 Å². The lowest BCUT2D eigenvalue weighted by molar-refractivity contribution is -0.127. The molecule has 1 aliphatic heterocycles. The predicted octanol–water partition coefficient (Wildman–Crippen LogP) is 2.75. The number of hydrogen-bond donors (Lipinski definition) is 1. The summed E-state index contributed by atoms with van der Waals surface area (Å²) >= 11 is 0. The summed E-state index contributed by atoms with van der Waals surface area (Å²) in [7, 11) is 0. The smallest absolute Gasteiger partial charge is 0.246 e. The Hall–Kier alpha value is -3.56. The highest BCUT2D eigenvalue weighted by Crippen LogP contribution is 2.34. The van der Waals surface area contributed by atoms with Crippen LogP contribution in [-0.2, 0) is 15.0 Å². The highest BCUT2D eigenvalue weighted by Gasteiger charge is 2.37. The summed E-state index contributed by atoms with van der Waals surface area (Å²) in [5.41, 5.74) is 1.61. The largest absolute Gasteiger partial charge is 0.388 e. The van der Waals surface area contributed by atoms with Gasteiger partial charge in [0.05, 0.1) is 22.9 Å². The Balaban J connectivity index is 1.62. The number of aromatic nitrogens is 1. The Morgan fingerprint density at radius 2 is 1.67 bits per heavy atom. The Labute approximate surface area is 175 Å². The number of benzene rings is 1. The third-order valence-corrected chi connectivity index (χ3v) is 5.25. The van der Waals surface area contributed by atoms with E-state index in [0.29, 0.717) is 37.3 Å². The number of amides is 1. The zero-order chi connectivity index (χ0) is 21.4. The number of nitriles is 1. The molecule has 1 aromatic carbocycles. The zero-order valence-electron chi connectivity index (χ0n) is 16.6. The van der Waals surface area contributed by atoms with E-state index in [2.05, 4.69) is 11.1 Å². The van der Waals surface area contributed by atoms with E-state index in [4.69, 9.17) is 5.11 Å². The quantitative estimate of drug-likeness (QED) is 0.751. The Morgan fingerprint density at radius 1 is 1.03 bits per heavy atom. The van der Waals surface area contributed by atoms with Crippen molar-refractivity contribution in [2.75, 3.05) is 19.7 Å². The van der Waals surface area contributed by atoms with Crippen LogP contribution in [0, 0.1) is 11.3 Å². The fourth-order valence-corrected chi connectivity index (χ4v) is 3.48. The van der Waals surface area contributed by atoms with Gasteiger partial charge in [0.2, 0.25) is 5.91 Å². The number of carbonyl (C=O) groups excluding carboxylic acids is 2. The number of piperidine rings is 1. The first-order valence-corrected chi connectivity index (χ1v) is 9.79. The van der Waals surface area contributed by atoms with Crippen LogP contribution in [0.3, 0.4) is 0 Å². The van der Waals surface area contributed by atoms with Crippen LogP contribution >= 0.6 is 0 Å². The third kappa shape index (κ3) is 5.07. The summed E-state index contributed by atoms with van der Waals surface area (Å²) in [5, 5.41) is 18.5. The van der Waals surface area contributed by atoms with E-state index >= 15 is 0 Å². The minimum atomic E-state index is -0.546. The minimum Gasteiger partial charge on any atom is -0.388 e. The average molecular weight is 401 g/mol. The summed E-state index contributed by atoms with van der Waals surface area (Å²) in [6.45, 7) is 0.494. The van der Waals surface area contributed by atoms with Gasteiger partial charge < -0.3 is 10.0 Å². The van der Waals surface area contributed by atoms with Crippen LogP contribution < -0.4 is 0 Å². The maximum Gasteiger partial charge on any atom is 0.246 e. The summed E-state index contributed by atoms with van der Waals surface area (Å²) in [6, 6.07) is 17.5. The molecule has 0 bridgehead atoms. The fourth-order valence-electron chi connectivity index (χ4n) is 3.48. The van der Waals surface area contributed by atoms with Crippen LogP contribution in [-0.4, -0.2) is 46.4 Å². The molecule has 1 saturated heterocycles. The molecular weight excluding hydrogens is 378 g/mol. The number of aliphatic hydroxyl groups excluding tert-OH is 1. The van der Waals surface area contributed by atoms with Gasteiger partial charge in [-0.3, -0.25) is 9.59 Å². The summed E-state index contributed by atoms with van der Waals surface area (Å²) in [6.07, 6.45) is 7.11. The fraction of sp³-hybridized carbons (Fsp3) is 0.250. The number of likely N-dealkylation sites (tertiary alicyclic amines) is 1. The SMILES string of the molecule is N#CC1(c2ccccc2)CCN(C(=O)/C=C/c2cccc(/C=C/C(=O)CO)n2)CC1. The van der Waals surface area contributed by atoms with Crippen molar-refractivity contribution in [1.29, 1.82) is 5.26 Å². The van der Waals surface area contributed by atoms with Crippen LogP contribution in [0.15, 0.2) is 60.7 Å². The lowest BCUT2D eigenvalue weighted by Gasteiger charge is -2.37. The molecule has 1 aromatic heterocycles. The molecule has 1 aliphatic rings. The second-order valence-electron chi connectivity index (χ2n) is 7.16. The van der Waals surface area contributed by atoms with Gasteiger partial charge in [-0.1, -0.05) is 36.4 Å². The molecule has 6 nitrogen and oxygen atoms in total. The van der Waals surface area contributed by atoms with Crippen LogP contribution in [0.5, 0.6) is 0 Å². The number of carbonyl (C=O) groups is 2. The van der Waals surface area contributed by atoms with E-state index in [0.717, 1.165) is 5.56 Å². The molecule has 3 rings (SSSR count). The van der Waals surface area contributed by atoms with Crippen LogP contribution in [0.2, 0.25) is 0 Å². The van der Waals surface area contributed by atoms with Crippen LogP contribution in [0.25, 0.3) is 12.2 Å². The van der Waals surface area contributed by atoms with Gasteiger partial charge in [-0.2, -0.15) is 5.26 Å². The molecule has 1 N–H and O–H groups in total. The molecule has 0 spiro atoms. The summed E-state index contributed by atoms with van der Waals surface area (Å²) in [4.78, 5) is 29.9. The van der Waals surface area contributed by atoms with Crippen molar-refractivity contribution in [1.82, 2.24) is 9.88 Å². The maximum absolute atomic E-state index is 12.6. The van der Waals surface area contributed by atoms with Crippen molar-refractivity contribution in [3.8, 4) is 6.07 Å². The van der Waals surface area contributed by atoms with Gasteiger partial charge in [0.1, 0.15) is 6.61 Å². The summed E-state index contributed by atoms with van der Waals surface area (Å²) < 4.78 is 0. The van der Waals surface area contributed by atoms with Gasteiger partial charge in [-0.25, -0.2) is 4.98 Å². The number of nitrogens with zero attached hydrogens (tertiary/aromatic N) is 3. The molecule has 0 radical (unpaired) electrons. The van der Waals surface area contributed by atoms with Crippen molar-refractivity contribution in [2.24, 2.45) is 0 Å². The number of hydrogen-bond acceptors (Lipinski definition) is 5. The molecule has 1 amide bonds. The molecule has 1 fully saturated rings. The number of rotatable bonds is 6. The molecule has 2 heterocycles. The van der Waals surface area contributed by atoms with Crippen molar-refractivity contribution in [3.63, 3.8) is 0 Å². The van der Waals surface area contributed by atoms with Crippen molar-refractivity contribution in [2.45, 2.75) is 18.3 Å². The van der Waals surface area contributed by atoms with Gasteiger partial charge in [0.25, 0.3) is 0 Å². The number of pyridine rings is 1. The van der Waals surface area contributed by atoms with E-state index in [1.807, 2.05) is 30.3 Å².